The molecule has 1 aromatic heterocycles. The lowest BCUT2D eigenvalue weighted by Gasteiger charge is -2.22. The monoisotopic (exact) mass is 327 g/mol. The Hall–Kier alpha value is -1.94. The quantitative estimate of drug-likeness (QED) is 0.878. The van der Waals surface area contributed by atoms with Gasteiger partial charge in [0.1, 0.15) is 0 Å². The fourth-order valence-electron chi connectivity index (χ4n) is 2.65. The van der Waals surface area contributed by atoms with Gasteiger partial charge in [-0.3, -0.25) is 9.78 Å². The number of para-hydroxylation sites is 1. The molecule has 0 aliphatic carbocycles. The molecule has 0 radical (unpaired) electrons. The number of pyridine rings is 1. The Kier molecular flexibility index (Phi) is 5.94. The first-order chi connectivity index (χ1) is 11.3. The smallest absolute Gasteiger partial charge is 0.254 e. The Balaban J connectivity index is 2.31. The molecule has 0 spiro atoms. The fraction of sp³-hybridized carbons (Fsp3) is 0.500. The molecule has 4 heteroatoms. The fourth-order valence-corrected chi connectivity index (χ4v) is 2.65. The Labute approximate surface area is 145 Å². The summed E-state index contributed by atoms with van der Waals surface area (Å²) < 4.78 is 0. The topological polar surface area (TPSA) is 59.2 Å². The van der Waals surface area contributed by atoms with Gasteiger partial charge in [0.25, 0.3) is 5.91 Å². The van der Waals surface area contributed by atoms with Gasteiger partial charge in [-0.1, -0.05) is 45.9 Å². The maximum Gasteiger partial charge on any atom is 0.254 e. The standard InChI is InChI=1S/C20H29N3O/c1-13(2)17(21)10-11-23(5)20(24)16-12-19(14(3)4)22-18-9-7-6-8-15(16)18/h6-9,12-14,17H,10-11,21H2,1-5H3. The van der Waals surface area contributed by atoms with E-state index >= 15 is 0 Å². The summed E-state index contributed by atoms with van der Waals surface area (Å²) in [4.78, 5) is 19.4. The highest BCUT2D eigenvalue weighted by Crippen LogP contribution is 2.23. The van der Waals surface area contributed by atoms with Gasteiger partial charge >= 0.3 is 0 Å². The van der Waals surface area contributed by atoms with Crippen LogP contribution in [0.3, 0.4) is 0 Å². The molecule has 0 fully saturated rings. The first-order valence-electron chi connectivity index (χ1n) is 8.72. The van der Waals surface area contributed by atoms with E-state index < -0.39 is 0 Å². The second kappa shape index (κ2) is 7.75. The van der Waals surface area contributed by atoms with E-state index in [-0.39, 0.29) is 17.9 Å². The van der Waals surface area contributed by atoms with E-state index in [4.69, 9.17) is 5.73 Å². The van der Waals surface area contributed by atoms with Crippen molar-refractivity contribution in [3.8, 4) is 0 Å². The summed E-state index contributed by atoms with van der Waals surface area (Å²) in [6.45, 7) is 9.06. The number of aromatic nitrogens is 1. The van der Waals surface area contributed by atoms with Gasteiger partial charge in [0.2, 0.25) is 0 Å². The summed E-state index contributed by atoms with van der Waals surface area (Å²) in [5.41, 5.74) is 8.66. The van der Waals surface area contributed by atoms with E-state index in [2.05, 4.69) is 32.7 Å². The minimum absolute atomic E-state index is 0.0338. The van der Waals surface area contributed by atoms with Gasteiger partial charge in [0.05, 0.1) is 11.1 Å². The maximum absolute atomic E-state index is 13.0. The van der Waals surface area contributed by atoms with Crippen molar-refractivity contribution < 1.29 is 4.79 Å². The zero-order chi connectivity index (χ0) is 17.9. The van der Waals surface area contributed by atoms with Gasteiger partial charge in [0.15, 0.2) is 0 Å². The van der Waals surface area contributed by atoms with Crippen LogP contribution in [0.1, 0.15) is 56.1 Å². The summed E-state index contributed by atoms with van der Waals surface area (Å²) >= 11 is 0. The predicted molar refractivity (Wildman–Crippen MR) is 100 cm³/mol. The van der Waals surface area contributed by atoms with E-state index in [1.54, 1.807) is 4.90 Å². The largest absolute Gasteiger partial charge is 0.342 e. The summed E-state index contributed by atoms with van der Waals surface area (Å²) in [6, 6.07) is 9.89. The number of fused-ring (bicyclic) bond motifs is 1. The molecule has 0 bridgehead atoms. The van der Waals surface area contributed by atoms with Crippen LogP contribution in [0.2, 0.25) is 0 Å². The number of rotatable bonds is 6. The van der Waals surface area contributed by atoms with Gasteiger partial charge in [-0.25, -0.2) is 0 Å². The number of hydrogen-bond acceptors (Lipinski definition) is 3. The molecule has 2 aromatic rings. The number of amides is 1. The van der Waals surface area contributed by atoms with Crippen LogP contribution < -0.4 is 5.73 Å². The highest BCUT2D eigenvalue weighted by molar-refractivity contribution is 6.06. The molecule has 2 rings (SSSR count). The molecule has 0 aliphatic heterocycles. The molecule has 24 heavy (non-hydrogen) atoms. The van der Waals surface area contributed by atoms with Gasteiger partial charge in [0, 0.05) is 30.7 Å². The van der Waals surface area contributed by atoms with Crippen molar-refractivity contribution in [2.45, 2.75) is 46.1 Å². The molecule has 130 valence electrons. The van der Waals surface area contributed by atoms with Crippen molar-refractivity contribution >= 4 is 16.8 Å². The molecule has 1 aromatic carbocycles. The Morgan fingerprint density at radius 1 is 1.21 bits per heavy atom. The SMILES string of the molecule is CC(C)c1cc(C(=O)N(C)CCC(N)C(C)C)c2ccccc2n1. The van der Waals surface area contributed by atoms with Crippen molar-refractivity contribution in [1.82, 2.24) is 9.88 Å². The average Bonchev–Trinajstić information content (AvgIpc) is 2.57. The highest BCUT2D eigenvalue weighted by atomic mass is 16.2. The van der Waals surface area contributed by atoms with Crippen molar-refractivity contribution in [1.29, 1.82) is 0 Å². The van der Waals surface area contributed by atoms with Crippen LogP contribution in [0, 0.1) is 5.92 Å². The second-order valence-corrected chi connectivity index (χ2v) is 7.19. The zero-order valence-electron chi connectivity index (χ0n) is 15.4. The molecule has 0 saturated carbocycles. The highest BCUT2D eigenvalue weighted by Gasteiger charge is 2.18. The van der Waals surface area contributed by atoms with E-state index in [0.29, 0.717) is 12.5 Å². The van der Waals surface area contributed by atoms with Crippen LogP contribution in [0.5, 0.6) is 0 Å². The van der Waals surface area contributed by atoms with Gasteiger partial charge in [-0.2, -0.15) is 0 Å². The van der Waals surface area contributed by atoms with Crippen molar-refractivity contribution in [2.24, 2.45) is 11.7 Å². The first-order valence-corrected chi connectivity index (χ1v) is 8.72. The lowest BCUT2D eigenvalue weighted by Crippen LogP contribution is -2.34. The third-order valence-electron chi connectivity index (χ3n) is 4.56. The van der Waals surface area contributed by atoms with Crippen LogP contribution in [0.25, 0.3) is 10.9 Å². The van der Waals surface area contributed by atoms with Crippen molar-refractivity contribution in [3.05, 3.63) is 41.6 Å². The predicted octanol–water partition coefficient (Wildman–Crippen LogP) is 3.80. The second-order valence-electron chi connectivity index (χ2n) is 7.19. The summed E-state index contributed by atoms with van der Waals surface area (Å²) in [6.07, 6.45) is 0.806. The zero-order valence-corrected chi connectivity index (χ0v) is 15.4. The van der Waals surface area contributed by atoms with Crippen LogP contribution in [-0.4, -0.2) is 35.4 Å². The maximum atomic E-state index is 13.0. The number of carbonyl (C=O) groups excluding carboxylic acids is 1. The average molecular weight is 327 g/mol. The Morgan fingerprint density at radius 3 is 2.50 bits per heavy atom. The number of benzene rings is 1. The normalized spacial score (nSPS) is 12.8. The molecule has 1 atom stereocenters. The molecule has 2 N–H and O–H groups in total. The van der Waals surface area contributed by atoms with Crippen LogP contribution in [0.4, 0.5) is 0 Å². The number of carbonyl (C=O) groups is 1. The van der Waals surface area contributed by atoms with Crippen LogP contribution in [-0.2, 0) is 0 Å². The van der Waals surface area contributed by atoms with Crippen LogP contribution >= 0.6 is 0 Å². The van der Waals surface area contributed by atoms with Crippen molar-refractivity contribution in [2.75, 3.05) is 13.6 Å². The van der Waals surface area contributed by atoms with Crippen LogP contribution in [0.15, 0.2) is 30.3 Å². The third kappa shape index (κ3) is 4.12. The minimum Gasteiger partial charge on any atom is -0.342 e. The number of nitrogens with zero attached hydrogens (tertiary/aromatic N) is 2. The summed E-state index contributed by atoms with van der Waals surface area (Å²) in [5.74, 6) is 0.732. The van der Waals surface area contributed by atoms with Gasteiger partial charge in [-0.05, 0) is 30.4 Å². The molecule has 4 nitrogen and oxygen atoms in total. The van der Waals surface area contributed by atoms with Crippen molar-refractivity contribution in [3.63, 3.8) is 0 Å². The summed E-state index contributed by atoms with van der Waals surface area (Å²) in [5, 5.41) is 0.909. The Bertz CT molecular complexity index is 709. The van der Waals surface area contributed by atoms with Gasteiger partial charge < -0.3 is 10.6 Å². The van der Waals surface area contributed by atoms with E-state index in [1.165, 1.54) is 0 Å². The summed E-state index contributed by atoms with van der Waals surface area (Å²) in [7, 11) is 1.85. The van der Waals surface area contributed by atoms with E-state index in [0.717, 1.165) is 28.6 Å². The number of nitrogens with two attached hydrogens (primary N) is 1. The lowest BCUT2D eigenvalue weighted by atomic mass is 10.0. The third-order valence-corrected chi connectivity index (χ3v) is 4.56. The first kappa shape index (κ1) is 18.4. The minimum atomic E-state index is 0.0338. The number of hydrogen-bond donors (Lipinski definition) is 1. The molecule has 1 heterocycles. The molecule has 0 aliphatic rings. The van der Waals surface area contributed by atoms with Gasteiger partial charge in [-0.15, -0.1) is 0 Å². The Morgan fingerprint density at radius 2 is 1.88 bits per heavy atom. The molecule has 0 saturated heterocycles. The lowest BCUT2D eigenvalue weighted by molar-refractivity contribution is 0.0791. The van der Waals surface area contributed by atoms with E-state index in [9.17, 15) is 4.79 Å². The molecule has 1 unspecified atom stereocenters. The molecular weight excluding hydrogens is 298 g/mol. The molecular formula is C20H29N3O. The molecule has 1 amide bonds. The van der Waals surface area contributed by atoms with E-state index in [1.807, 2.05) is 37.4 Å².